The van der Waals surface area contributed by atoms with E-state index in [1.165, 1.54) is 6.07 Å². The third-order valence-electron chi connectivity index (χ3n) is 4.72. The monoisotopic (exact) mass is 329 g/mol. The van der Waals surface area contributed by atoms with Crippen LogP contribution in [-0.4, -0.2) is 40.8 Å². The number of hydrogen-bond donors (Lipinski definition) is 1. The number of aliphatic carboxylic acids is 1. The fraction of sp³-hybridized carbons (Fsp3) is 0.562. The predicted molar refractivity (Wildman–Crippen MR) is 76.1 cm³/mol. The summed E-state index contributed by atoms with van der Waals surface area (Å²) in [5.41, 5.74) is 0.666. The van der Waals surface area contributed by atoms with Crippen molar-refractivity contribution in [2.75, 3.05) is 6.61 Å². The molecule has 0 radical (unpaired) electrons. The predicted octanol–water partition coefficient (Wildman–Crippen LogP) is 3.07. The molecule has 126 valence electrons. The van der Waals surface area contributed by atoms with E-state index in [-0.39, 0.29) is 23.8 Å². The number of carbonyl (C=O) groups is 1. The van der Waals surface area contributed by atoms with Crippen LogP contribution in [0.1, 0.15) is 24.8 Å². The highest BCUT2D eigenvalue weighted by Gasteiger charge is 2.49. The molecule has 3 atom stereocenters. The van der Waals surface area contributed by atoms with Gasteiger partial charge in [0.25, 0.3) is 0 Å². The van der Waals surface area contributed by atoms with Crippen LogP contribution in [0.3, 0.4) is 0 Å². The second-order valence-electron chi connectivity index (χ2n) is 6.16. The zero-order valence-corrected chi connectivity index (χ0v) is 12.4. The van der Waals surface area contributed by atoms with Gasteiger partial charge in [-0.15, -0.1) is 0 Å². The van der Waals surface area contributed by atoms with E-state index in [0.717, 1.165) is 12.8 Å². The molecule has 23 heavy (non-hydrogen) atoms. The van der Waals surface area contributed by atoms with Crippen molar-refractivity contribution in [2.24, 2.45) is 5.92 Å². The van der Waals surface area contributed by atoms with Crippen molar-refractivity contribution in [1.29, 1.82) is 0 Å². The third kappa shape index (κ3) is 3.44. The van der Waals surface area contributed by atoms with E-state index < -0.39 is 18.8 Å². The summed E-state index contributed by atoms with van der Waals surface area (Å²) in [5.74, 6) is -0.955. The Morgan fingerprint density at radius 2 is 2.04 bits per heavy atom. The molecule has 2 heterocycles. The van der Waals surface area contributed by atoms with Gasteiger partial charge in [0.2, 0.25) is 0 Å². The summed E-state index contributed by atoms with van der Waals surface area (Å²) in [4.78, 5) is 13.4. The first-order chi connectivity index (χ1) is 10.8. The highest BCUT2D eigenvalue weighted by atomic mass is 19.4. The minimum atomic E-state index is -4.38. The van der Waals surface area contributed by atoms with Crippen molar-refractivity contribution >= 4 is 5.97 Å². The Morgan fingerprint density at radius 1 is 1.30 bits per heavy atom. The summed E-state index contributed by atoms with van der Waals surface area (Å²) >= 11 is 0. The number of rotatable bonds is 5. The molecule has 0 aliphatic carbocycles. The zero-order valence-electron chi connectivity index (χ0n) is 12.4. The lowest BCUT2D eigenvalue weighted by atomic mass is 9.89. The third-order valence-corrected chi connectivity index (χ3v) is 4.72. The van der Waals surface area contributed by atoms with Gasteiger partial charge in [0, 0.05) is 24.2 Å². The fourth-order valence-electron chi connectivity index (χ4n) is 3.74. The number of nitrogens with zero attached hydrogens (tertiary/aromatic N) is 1. The summed E-state index contributed by atoms with van der Waals surface area (Å²) in [6.07, 6.45) is -1.99. The molecule has 1 aromatic carbocycles. The molecule has 1 N–H and O–H groups in total. The smallest absolute Gasteiger partial charge is 0.422 e. The van der Waals surface area contributed by atoms with Crippen LogP contribution in [0, 0.1) is 5.92 Å². The lowest BCUT2D eigenvalue weighted by molar-refractivity contribution is -0.153. The van der Waals surface area contributed by atoms with E-state index >= 15 is 0 Å². The van der Waals surface area contributed by atoms with Gasteiger partial charge < -0.3 is 9.84 Å². The summed E-state index contributed by atoms with van der Waals surface area (Å²) < 4.78 is 42.0. The Morgan fingerprint density at radius 3 is 2.70 bits per heavy atom. The van der Waals surface area contributed by atoms with Crippen LogP contribution < -0.4 is 4.74 Å². The molecule has 2 fully saturated rings. The quantitative estimate of drug-likeness (QED) is 0.902. The van der Waals surface area contributed by atoms with Crippen molar-refractivity contribution in [3.8, 4) is 5.75 Å². The first kappa shape index (κ1) is 16.1. The second kappa shape index (κ2) is 6.03. The van der Waals surface area contributed by atoms with Gasteiger partial charge in [-0.25, -0.2) is 0 Å². The van der Waals surface area contributed by atoms with E-state index in [4.69, 9.17) is 4.74 Å². The number of halogens is 3. The summed E-state index contributed by atoms with van der Waals surface area (Å²) in [6.45, 7) is -0.901. The molecule has 2 bridgehead atoms. The van der Waals surface area contributed by atoms with Crippen LogP contribution in [0.2, 0.25) is 0 Å². The van der Waals surface area contributed by atoms with Crippen molar-refractivity contribution in [2.45, 2.75) is 44.1 Å². The van der Waals surface area contributed by atoms with Gasteiger partial charge in [-0.3, -0.25) is 9.69 Å². The fourth-order valence-corrected chi connectivity index (χ4v) is 3.74. The molecule has 2 aliphatic heterocycles. The number of carboxylic acids is 1. The van der Waals surface area contributed by atoms with Crippen LogP contribution >= 0.6 is 0 Å². The number of fused-ring (bicyclic) bond motifs is 2. The SMILES string of the molecule is O=C(O)C1CC2CCC1N2Cc1ccccc1OCC(F)(F)F. The Bertz CT molecular complexity index is 590. The molecule has 7 heteroatoms. The molecule has 1 aromatic rings. The van der Waals surface area contributed by atoms with Gasteiger partial charge in [-0.1, -0.05) is 18.2 Å². The Balaban J connectivity index is 1.72. The number of para-hydroxylation sites is 1. The second-order valence-corrected chi connectivity index (χ2v) is 6.16. The van der Waals surface area contributed by atoms with Crippen molar-refractivity contribution < 1.29 is 27.8 Å². The van der Waals surface area contributed by atoms with Crippen LogP contribution in [0.5, 0.6) is 5.75 Å². The van der Waals surface area contributed by atoms with Crippen molar-refractivity contribution in [1.82, 2.24) is 4.90 Å². The molecular weight excluding hydrogens is 311 g/mol. The highest BCUT2D eigenvalue weighted by Crippen LogP contribution is 2.43. The van der Waals surface area contributed by atoms with E-state index in [1.807, 2.05) is 0 Å². The minimum absolute atomic E-state index is 0.0341. The van der Waals surface area contributed by atoms with Crippen LogP contribution in [0.15, 0.2) is 24.3 Å². The maximum Gasteiger partial charge on any atom is 0.422 e. The lowest BCUT2D eigenvalue weighted by Crippen LogP contribution is -2.32. The molecule has 3 rings (SSSR count). The van der Waals surface area contributed by atoms with E-state index in [1.54, 1.807) is 18.2 Å². The average molecular weight is 329 g/mol. The maximum absolute atomic E-state index is 12.4. The molecule has 0 saturated carbocycles. The number of carboxylic acid groups (broad SMARTS) is 1. The average Bonchev–Trinajstić information content (AvgIpc) is 3.03. The molecule has 2 aliphatic rings. The number of benzene rings is 1. The molecular formula is C16H18F3NO3. The van der Waals surface area contributed by atoms with Crippen molar-refractivity contribution in [3.63, 3.8) is 0 Å². The van der Waals surface area contributed by atoms with Crippen molar-refractivity contribution in [3.05, 3.63) is 29.8 Å². The Hall–Kier alpha value is -1.76. The molecule has 4 nitrogen and oxygen atoms in total. The molecule has 3 unspecified atom stereocenters. The van der Waals surface area contributed by atoms with Crippen LogP contribution in [0.25, 0.3) is 0 Å². The van der Waals surface area contributed by atoms with Gasteiger partial charge in [0.15, 0.2) is 6.61 Å². The number of alkyl halides is 3. The normalized spacial score (nSPS) is 27.3. The topological polar surface area (TPSA) is 49.8 Å². The summed E-state index contributed by atoms with van der Waals surface area (Å²) in [5, 5.41) is 9.27. The molecule has 2 saturated heterocycles. The van der Waals surface area contributed by atoms with Gasteiger partial charge in [0.1, 0.15) is 5.75 Å². The highest BCUT2D eigenvalue weighted by molar-refractivity contribution is 5.71. The van der Waals surface area contributed by atoms with Gasteiger partial charge in [0.05, 0.1) is 5.92 Å². The van der Waals surface area contributed by atoms with Gasteiger partial charge >= 0.3 is 12.1 Å². The Labute approximate surface area is 131 Å². The van der Waals surface area contributed by atoms with E-state index in [0.29, 0.717) is 18.5 Å². The first-order valence-electron chi connectivity index (χ1n) is 7.61. The largest absolute Gasteiger partial charge is 0.484 e. The first-order valence-corrected chi connectivity index (χ1v) is 7.61. The van der Waals surface area contributed by atoms with Gasteiger partial charge in [-0.05, 0) is 25.3 Å². The lowest BCUT2D eigenvalue weighted by Gasteiger charge is -2.24. The summed E-state index contributed by atoms with van der Waals surface area (Å²) in [7, 11) is 0. The van der Waals surface area contributed by atoms with E-state index in [9.17, 15) is 23.1 Å². The minimum Gasteiger partial charge on any atom is -0.484 e. The zero-order chi connectivity index (χ0) is 16.6. The maximum atomic E-state index is 12.4. The molecule has 0 aromatic heterocycles. The number of hydrogen-bond acceptors (Lipinski definition) is 3. The standard InChI is InChI=1S/C16H18F3NO3/c17-16(18,19)9-23-14-4-2-1-3-10(14)8-20-11-5-6-13(20)12(7-11)15(21)22/h1-4,11-13H,5-9H2,(H,21,22). The van der Waals surface area contributed by atoms with Crippen LogP contribution in [-0.2, 0) is 11.3 Å². The Kier molecular flexibility index (Phi) is 4.23. The summed E-state index contributed by atoms with van der Waals surface area (Å²) in [6, 6.07) is 6.80. The van der Waals surface area contributed by atoms with Crippen LogP contribution in [0.4, 0.5) is 13.2 Å². The molecule has 0 spiro atoms. The molecule has 0 amide bonds. The number of ether oxygens (including phenoxy) is 1. The van der Waals surface area contributed by atoms with E-state index in [2.05, 4.69) is 4.90 Å². The van der Waals surface area contributed by atoms with Gasteiger partial charge in [-0.2, -0.15) is 13.2 Å².